The van der Waals surface area contributed by atoms with Gasteiger partial charge in [0.15, 0.2) is 0 Å². The smallest absolute Gasteiger partial charge is 0.234 e. The first-order chi connectivity index (χ1) is 10.0. The van der Waals surface area contributed by atoms with Crippen LogP contribution >= 0.6 is 0 Å². The minimum Gasteiger partial charge on any atom is -0.354 e. The maximum Gasteiger partial charge on any atom is 0.234 e. The molecule has 1 amide bonds. The summed E-state index contributed by atoms with van der Waals surface area (Å²) in [4.78, 5) is 11.5. The van der Waals surface area contributed by atoms with E-state index in [2.05, 4.69) is 49.0 Å². The normalized spacial score (nSPS) is 11.3. The summed E-state index contributed by atoms with van der Waals surface area (Å²) >= 11 is 0. The van der Waals surface area contributed by atoms with Crippen molar-refractivity contribution >= 4 is 5.91 Å². The van der Waals surface area contributed by atoms with Crippen molar-refractivity contribution < 1.29 is 4.79 Å². The standard InChI is InChI=1S/C16H36N4O/c1-14(2)12-17-8-6-5-7-9-18-13-16(21)20-11-10-19-15(3)4/h14-15,17-19H,5-13H2,1-4H3,(H,20,21). The number of rotatable bonds is 14. The van der Waals surface area contributed by atoms with Crippen LogP contribution in [0.1, 0.15) is 47.0 Å². The Balaban J connectivity index is 3.18. The summed E-state index contributed by atoms with van der Waals surface area (Å²) in [6, 6.07) is 0.468. The van der Waals surface area contributed by atoms with Gasteiger partial charge in [0.2, 0.25) is 5.91 Å². The van der Waals surface area contributed by atoms with Crippen LogP contribution in [0.25, 0.3) is 0 Å². The lowest BCUT2D eigenvalue weighted by Gasteiger charge is -2.10. The van der Waals surface area contributed by atoms with Crippen LogP contribution in [0.5, 0.6) is 0 Å². The molecule has 4 N–H and O–H groups in total. The molecule has 0 heterocycles. The van der Waals surface area contributed by atoms with Crippen molar-refractivity contribution in [2.45, 2.75) is 53.0 Å². The molecule has 21 heavy (non-hydrogen) atoms. The zero-order chi connectivity index (χ0) is 15.9. The predicted octanol–water partition coefficient (Wildman–Crippen LogP) is 1.11. The molecule has 0 atom stereocenters. The largest absolute Gasteiger partial charge is 0.354 e. The number of hydrogen-bond donors (Lipinski definition) is 4. The molecule has 0 aliphatic rings. The van der Waals surface area contributed by atoms with Crippen molar-refractivity contribution in [3.63, 3.8) is 0 Å². The summed E-state index contributed by atoms with van der Waals surface area (Å²) in [6.45, 7) is 13.7. The van der Waals surface area contributed by atoms with Gasteiger partial charge in [0.25, 0.3) is 0 Å². The van der Waals surface area contributed by atoms with E-state index >= 15 is 0 Å². The van der Waals surface area contributed by atoms with Crippen molar-refractivity contribution in [1.82, 2.24) is 21.3 Å². The molecule has 0 aliphatic carbocycles. The first-order valence-corrected chi connectivity index (χ1v) is 8.44. The molecule has 5 nitrogen and oxygen atoms in total. The van der Waals surface area contributed by atoms with E-state index < -0.39 is 0 Å². The minimum absolute atomic E-state index is 0.0826. The highest BCUT2D eigenvalue weighted by molar-refractivity contribution is 5.77. The number of nitrogens with one attached hydrogen (secondary N) is 4. The van der Waals surface area contributed by atoms with Gasteiger partial charge in [-0.25, -0.2) is 0 Å². The number of carbonyl (C=O) groups is 1. The van der Waals surface area contributed by atoms with Crippen LogP contribution in [0.15, 0.2) is 0 Å². The topological polar surface area (TPSA) is 65.2 Å². The van der Waals surface area contributed by atoms with Gasteiger partial charge in [0, 0.05) is 19.1 Å². The molecule has 0 bridgehead atoms. The molecule has 0 saturated heterocycles. The van der Waals surface area contributed by atoms with Gasteiger partial charge in [0.05, 0.1) is 6.54 Å². The molecule has 0 rings (SSSR count). The third-order valence-corrected chi connectivity index (χ3v) is 3.05. The molecular weight excluding hydrogens is 264 g/mol. The van der Waals surface area contributed by atoms with Crippen molar-refractivity contribution in [3.8, 4) is 0 Å². The van der Waals surface area contributed by atoms with Gasteiger partial charge in [-0.05, 0) is 38.4 Å². The SMILES string of the molecule is CC(C)CNCCCCCNCC(=O)NCCNC(C)C. The van der Waals surface area contributed by atoms with E-state index in [4.69, 9.17) is 0 Å². The number of unbranched alkanes of at least 4 members (excludes halogenated alkanes) is 2. The van der Waals surface area contributed by atoms with E-state index in [-0.39, 0.29) is 5.91 Å². The molecule has 0 radical (unpaired) electrons. The molecule has 0 fully saturated rings. The van der Waals surface area contributed by atoms with Crippen LogP contribution in [0.2, 0.25) is 0 Å². The highest BCUT2D eigenvalue weighted by Crippen LogP contribution is 1.93. The monoisotopic (exact) mass is 300 g/mol. The highest BCUT2D eigenvalue weighted by atomic mass is 16.1. The van der Waals surface area contributed by atoms with Crippen molar-refractivity contribution in [1.29, 1.82) is 0 Å². The minimum atomic E-state index is 0.0826. The lowest BCUT2D eigenvalue weighted by Crippen LogP contribution is -2.39. The molecule has 0 aromatic heterocycles. The number of carbonyl (C=O) groups excluding carboxylic acids is 1. The van der Waals surface area contributed by atoms with Gasteiger partial charge < -0.3 is 21.3 Å². The van der Waals surface area contributed by atoms with Crippen molar-refractivity contribution in [2.75, 3.05) is 39.3 Å². The van der Waals surface area contributed by atoms with E-state index in [9.17, 15) is 4.79 Å². The maximum atomic E-state index is 11.5. The third kappa shape index (κ3) is 17.3. The van der Waals surface area contributed by atoms with Crippen LogP contribution in [0.3, 0.4) is 0 Å². The second-order valence-electron chi connectivity index (χ2n) is 6.29. The second-order valence-corrected chi connectivity index (χ2v) is 6.29. The lowest BCUT2D eigenvalue weighted by molar-refractivity contribution is -0.120. The Bertz CT molecular complexity index is 244. The van der Waals surface area contributed by atoms with Gasteiger partial charge in [-0.3, -0.25) is 4.79 Å². The van der Waals surface area contributed by atoms with E-state index in [1.807, 2.05) is 0 Å². The summed E-state index contributed by atoms with van der Waals surface area (Å²) in [5, 5.41) is 12.8. The van der Waals surface area contributed by atoms with E-state index in [0.29, 0.717) is 19.1 Å². The quantitative estimate of drug-likeness (QED) is 0.363. The van der Waals surface area contributed by atoms with Crippen molar-refractivity contribution in [2.24, 2.45) is 5.92 Å². The predicted molar refractivity (Wildman–Crippen MR) is 90.6 cm³/mol. The number of amides is 1. The Morgan fingerprint density at radius 1 is 0.857 bits per heavy atom. The Morgan fingerprint density at radius 3 is 2.14 bits per heavy atom. The maximum absolute atomic E-state index is 11.5. The average Bonchev–Trinajstić information content (AvgIpc) is 2.41. The zero-order valence-corrected chi connectivity index (χ0v) is 14.4. The average molecular weight is 300 g/mol. The summed E-state index contributed by atoms with van der Waals surface area (Å²) < 4.78 is 0. The van der Waals surface area contributed by atoms with E-state index in [0.717, 1.165) is 38.5 Å². The first kappa shape index (κ1) is 20.3. The molecular formula is C16H36N4O. The Hall–Kier alpha value is -0.650. The summed E-state index contributed by atoms with van der Waals surface area (Å²) in [5.74, 6) is 0.806. The Kier molecular flexibility index (Phi) is 13.9. The molecule has 0 aliphatic heterocycles. The molecule has 0 unspecified atom stereocenters. The fourth-order valence-electron chi connectivity index (χ4n) is 1.89. The van der Waals surface area contributed by atoms with Gasteiger partial charge >= 0.3 is 0 Å². The van der Waals surface area contributed by atoms with Crippen LogP contribution in [-0.4, -0.2) is 51.2 Å². The van der Waals surface area contributed by atoms with E-state index in [1.165, 1.54) is 12.8 Å². The lowest BCUT2D eigenvalue weighted by atomic mass is 10.2. The zero-order valence-electron chi connectivity index (χ0n) is 14.4. The Labute approximate surface area is 131 Å². The molecule has 0 spiro atoms. The molecule has 0 aromatic carbocycles. The molecule has 0 aromatic rings. The van der Waals surface area contributed by atoms with Gasteiger partial charge in [-0.2, -0.15) is 0 Å². The first-order valence-electron chi connectivity index (χ1n) is 8.44. The fourth-order valence-corrected chi connectivity index (χ4v) is 1.89. The molecule has 126 valence electrons. The summed E-state index contributed by atoms with van der Waals surface area (Å²) in [6.07, 6.45) is 3.55. The van der Waals surface area contributed by atoms with Crippen molar-refractivity contribution in [3.05, 3.63) is 0 Å². The van der Waals surface area contributed by atoms with Gasteiger partial charge in [-0.1, -0.05) is 34.1 Å². The van der Waals surface area contributed by atoms with Gasteiger partial charge in [0.1, 0.15) is 0 Å². The van der Waals surface area contributed by atoms with Crippen LogP contribution in [0.4, 0.5) is 0 Å². The third-order valence-electron chi connectivity index (χ3n) is 3.05. The molecule has 0 saturated carbocycles. The summed E-state index contributed by atoms with van der Waals surface area (Å²) in [7, 11) is 0. The number of hydrogen-bond acceptors (Lipinski definition) is 4. The second kappa shape index (κ2) is 14.3. The van der Waals surface area contributed by atoms with Crippen LogP contribution in [0, 0.1) is 5.92 Å². The van der Waals surface area contributed by atoms with E-state index in [1.54, 1.807) is 0 Å². The van der Waals surface area contributed by atoms with Gasteiger partial charge in [-0.15, -0.1) is 0 Å². The van der Waals surface area contributed by atoms with Crippen LogP contribution in [-0.2, 0) is 4.79 Å². The highest BCUT2D eigenvalue weighted by Gasteiger charge is 1.99. The fraction of sp³-hybridized carbons (Fsp3) is 0.938. The molecule has 5 heteroatoms. The van der Waals surface area contributed by atoms with Crippen LogP contribution < -0.4 is 21.3 Å². The Morgan fingerprint density at radius 2 is 1.52 bits per heavy atom. The summed E-state index contributed by atoms with van der Waals surface area (Å²) in [5.41, 5.74) is 0.